The summed E-state index contributed by atoms with van der Waals surface area (Å²) in [4.78, 5) is 12.3. The van der Waals surface area contributed by atoms with Gasteiger partial charge in [0.25, 0.3) is 11.3 Å². The fourth-order valence-electron chi connectivity index (χ4n) is 4.11. The summed E-state index contributed by atoms with van der Waals surface area (Å²) in [5.41, 5.74) is -6.17. The number of alkyl halides is 4. The second-order valence-electron chi connectivity index (χ2n) is 8.30. The molecule has 4 rings (SSSR count). The second kappa shape index (κ2) is 9.03. The summed E-state index contributed by atoms with van der Waals surface area (Å²) in [6, 6.07) is 8.76. The van der Waals surface area contributed by atoms with E-state index < -0.39 is 22.5 Å². The van der Waals surface area contributed by atoms with E-state index in [1.165, 1.54) is 29.1 Å². The van der Waals surface area contributed by atoms with Crippen molar-refractivity contribution < 1.29 is 17.6 Å². The number of halogens is 4. The first-order valence-corrected chi connectivity index (χ1v) is 11.9. The molecule has 0 aliphatic carbocycles. The smallest absolute Gasteiger partial charge is 0.295 e. The molecule has 0 bridgehead atoms. The van der Waals surface area contributed by atoms with Crippen molar-refractivity contribution in [3.05, 3.63) is 86.0 Å². The molecule has 35 heavy (non-hydrogen) atoms. The zero-order chi connectivity index (χ0) is 25.7. The van der Waals surface area contributed by atoms with Crippen LogP contribution < -0.4 is 16.4 Å². The first-order chi connectivity index (χ1) is 16.3. The van der Waals surface area contributed by atoms with Crippen LogP contribution in [-0.2, 0) is 31.5 Å². The van der Waals surface area contributed by atoms with E-state index in [2.05, 4.69) is 11.7 Å². The maximum atomic E-state index is 14.3. The predicted octanol–water partition coefficient (Wildman–Crippen LogP) is 3.69. The monoisotopic (exact) mass is 522 g/mol. The van der Waals surface area contributed by atoms with Crippen molar-refractivity contribution in [3.8, 4) is 0 Å². The van der Waals surface area contributed by atoms with Crippen molar-refractivity contribution in [2.24, 2.45) is 7.05 Å². The van der Waals surface area contributed by atoms with Crippen LogP contribution in [-0.4, -0.2) is 18.9 Å². The van der Waals surface area contributed by atoms with Crippen LogP contribution >= 0.6 is 18.5 Å². The molecule has 2 heterocycles. The highest BCUT2D eigenvalue weighted by Gasteiger charge is 2.32. The van der Waals surface area contributed by atoms with Crippen LogP contribution in [0.1, 0.15) is 29.2 Å². The first kappa shape index (κ1) is 25.3. The topological polar surface area (TPSA) is 44.8 Å². The maximum Gasteiger partial charge on any atom is 0.328 e. The molecule has 0 N–H and O–H groups in total. The lowest BCUT2D eigenvalue weighted by atomic mass is 10.0. The van der Waals surface area contributed by atoms with Gasteiger partial charge < -0.3 is 0 Å². The van der Waals surface area contributed by atoms with Gasteiger partial charge in [0.1, 0.15) is 0 Å². The third-order valence-corrected chi connectivity index (χ3v) is 6.60. The van der Waals surface area contributed by atoms with Crippen LogP contribution in [0.15, 0.2) is 47.4 Å². The van der Waals surface area contributed by atoms with E-state index >= 15 is 0 Å². The van der Waals surface area contributed by atoms with E-state index in [1.807, 2.05) is 25.1 Å². The molecule has 0 saturated heterocycles. The molecule has 0 fully saturated rings. The molecule has 2 aromatic carbocycles. The summed E-state index contributed by atoms with van der Waals surface area (Å²) in [6.07, 6.45) is 3.46. The zero-order valence-corrected chi connectivity index (χ0v) is 21.4. The number of rotatable bonds is 6. The summed E-state index contributed by atoms with van der Waals surface area (Å²) >= 11 is 0. The SMILES string of the molecule is C=c1/c(=C/c2ccc3c(cnn3Cc3ccc(C(F)(F)P)cc3C(F)(F)P)c2)n(C)c(=O)n1CC. The number of fused-ring (bicyclic) bond motifs is 1. The van der Waals surface area contributed by atoms with Crippen molar-refractivity contribution in [2.45, 2.75) is 31.3 Å². The highest BCUT2D eigenvalue weighted by molar-refractivity contribution is 7.18. The Kier molecular flexibility index (Phi) is 6.54. The molecule has 184 valence electrons. The van der Waals surface area contributed by atoms with Crippen LogP contribution in [0.2, 0.25) is 0 Å². The Morgan fingerprint density at radius 3 is 2.40 bits per heavy atom. The zero-order valence-electron chi connectivity index (χ0n) is 19.1. The Morgan fingerprint density at radius 1 is 1.09 bits per heavy atom. The van der Waals surface area contributed by atoms with Crippen molar-refractivity contribution in [1.82, 2.24) is 18.9 Å². The van der Waals surface area contributed by atoms with Gasteiger partial charge in [-0.3, -0.25) is 13.8 Å². The molecule has 0 saturated carbocycles. The molecule has 0 aliphatic heterocycles. The van der Waals surface area contributed by atoms with Crippen molar-refractivity contribution in [1.29, 1.82) is 0 Å². The average molecular weight is 522 g/mol. The van der Waals surface area contributed by atoms with E-state index in [-0.39, 0.29) is 17.8 Å². The number of hydrogen-bond acceptors (Lipinski definition) is 2. The van der Waals surface area contributed by atoms with Crippen molar-refractivity contribution in [2.75, 3.05) is 0 Å². The van der Waals surface area contributed by atoms with Crippen molar-refractivity contribution in [3.63, 3.8) is 0 Å². The number of aromatic nitrogens is 4. The van der Waals surface area contributed by atoms with Gasteiger partial charge >= 0.3 is 5.69 Å². The van der Waals surface area contributed by atoms with E-state index in [0.717, 1.165) is 23.1 Å². The van der Waals surface area contributed by atoms with Gasteiger partial charge in [0.05, 0.1) is 29.0 Å². The van der Waals surface area contributed by atoms with Gasteiger partial charge in [-0.1, -0.05) is 43.3 Å². The molecule has 0 aliphatic rings. The summed E-state index contributed by atoms with van der Waals surface area (Å²) in [5, 5.41) is 6.38. The third-order valence-electron chi connectivity index (χ3n) is 5.96. The van der Waals surface area contributed by atoms with E-state index in [0.29, 0.717) is 22.8 Å². The quantitative estimate of drug-likeness (QED) is 0.287. The van der Waals surface area contributed by atoms with Gasteiger partial charge in [0.2, 0.25) is 0 Å². The van der Waals surface area contributed by atoms with Crippen LogP contribution in [0.4, 0.5) is 17.6 Å². The molecule has 5 nitrogen and oxygen atoms in total. The van der Waals surface area contributed by atoms with Crippen molar-refractivity contribution >= 4 is 42.0 Å². The Bertz CT molecular complexity index is 1590. The predicted molar refractivity (Wildman–Crippen MR) is 136 cm³/mol. The second-order valence-corrected chi connectivity index (χ2v) is 9.75. The molecular weight excluding hydrogens is 498 g/mol. The minimum absolute atomic E-state index is 0.0223. The van der Waals surface area contributed by atoms with Crippen LogP contribution in [0.5, 0.6) is 0 Å². The van der Waals surface area contributed by atoms with E-state index in [9.17, 15) is 22.4 Å². The average Bonchev–Trinajstić information content (AvgIpc) is 3.26. The summed E-state index contributed by atoms with van der Waals surface area (Å²) in [6.45, 7) is 6.38. The lowest BCUT2D eigenvalue weighted by molar-refractivity contribution is 0.0957. The van der Waals surface area contributed by atoms with Gasteiger partial charge in [-0.05, 0) is 42.3 Å². The van der Waals surface area contributed by atoms with Gasteiger partial charge in [0, 0.05) is 30.1 Å². The Hall–Kier alpha value is -2.76. The van der Waals surface area contributed by atoms with Crippen LogP contribution in [0.25, 0.3) is 23.6 Å². The van der Waals surface area contributed by atoms with Gasteiger partial charge in [-0.25, -0.2) is 4.79 Å². The largest absolute Gasteiger partial charge is 0.328 e. The molecule has 0 radical (unpaired) electrons. The molecule has 0 amide bonds. The van der Waals surface area contributed by atoms with Gasteiger partial charge in [0.15, 0.2) is 0 Å². The molecule has 2 unspecified atom stereocenters. The molecule has 4 aromatic rings. The Morgan fingerprint density at radius 2 is 1.80 bits per heavy atom. The fraction of sp³-hybridized carbons (Fsp3) is 0.250. The highest BCUT2D eigenvalue weighted by atomic mass is 31.0. The fourth-order valence-corrected chi connectivity index (χ4v) is 4.56. The number of hydrogen-bond donors (Lipinski definition) is 0. The summed E-state index contributed by atoms with van der Waals surface area (Å²) in [5.74, 6) is 0. The minimum atomic E-state index is -3.39. The standard InChI is InChI=1S/C24H24F4N4OP2/c1-4-31-14(2)21(30(3)22(31)33)10-15-5-8-20-17(9-15)12-29-32(20)13-16-6-7-18(23(25,26)34)11-19(16)24(27,28)35/h5-12H,2,4,13,34-35H2,1,3H3/b21-10-. The van der Waals surface area contributed by atoms with E-state index in [4.69, 9.17) is 0 Å². The molecule has 11 heteroatoms. The van der Waals surface area contributed by atoms with Gasteiger partial charge in [-0.2, -0.15) is 22.7 Å². The summed E-state index contributed by atoms with van der Waals surface area (Å²) in [7, 11) is 4.46. The third kappa shape index (κ3) is 4.85. The Labute approximate surface area is 203 Å². The van der Waals surface area contributed by atoms with Crippen LogP contribution in [0.3, 0.4) is 0 Å². The minimum Gasteiger partial charge on any atom is -0.295 e. The number of benzene rings is 2. The maximum absolute atomic E-state index is 14.3. The molecular formula is C24H24F4N4OP2. The molecule has 0 spiro atoms. The number of nitrogens with zero attached hydrogens (tertiary/aromatic N) is 4. The Balaban J connectivity index is 1.74. The molecule has 2 aromatic heterocycles. The lowest BCUT2D eigenvalue weighted by Gasteiger charge is -2.19. The van der Waals surface area contributed by atoms with Gasteiger partial charge in [-0.15, -0.1) is 0 Å². The number of imidazole rings is 1. The van der Waals surface area contributed by atoms with E-state index in [1.54, 1.807) is 28.6 Å². The normalized spacial score (nSPS) is 13.2. The lowest BCUT2D eigenvalue weighted by Crippen LogP contribution is -2.31. The van der Waals surface area contributed by atoms with Crippen LogP contribution in [0, 0.1) is 0 Å². The highest BCUT2D eigenvalue weighted by Crippen LogP contribution is 2.42. The first-order valence-electron chi connectivity index (χ1n) is 10.7. The summed E-state index contributed by atoms with van der Waals surface area (Å²) < 4.78 is 60.6. The molecule has 2 atom stereocenters.